The summed E-state index contributed by atoms with van der Waals surface area (Å²) in [7, 11) is 0. The fourth-order valence-corrected chi connectivity index (χ4v) is 4.29. The minimum Gasteiger partial charge on any atom is -0.353 e. The van der Waals surface area contributed by atoms with Crippen LogP contribution < -0.4 is 10.6 Å². The lowest BCUT2D eigenvalue weighted by Crippen LogP contribution is -2.48. The normalized spacial score (nSPS) is 18.3. The van der Waals surface area contributed by atoms with Gasteiger partial charge in [0.2, 0.25) is 11.8 Å². The molecule has 1 aliphatic heterocycles. The summed E-state index contributed by atoms with van der Waals surface area (Å²) in [4.78, 5) is 38.8. The van der Waals surface area contributed by atoms with E-state index in [9.17, 15) is 14.4 Å². The summed E-state index contributed by atoms with van der Waals surface area (Å²) >= 11 is 0. The highest BCUT2D eigenvalue weighted by Crippen LogP contribution is 2.26. The van der Waals surface area contributed by atoms with Crippen LogP contribution in [0.2, 0.25) is 0 Å². The van der Waals surface area contributed by atoms with Gasteiger partial charge in [0, 0.05) is 43.6 Å². The molecule has 2 fully saturated rings. The molecule has 1 aromatic rings. The third-order valence-corrected chi connectivity index (χ3v) is 6.03. The molecule has 0 radical (unpaired) electrons. The van der Waals surface area contributed by atoms with Crippen LogP contribution in [0.15, 0.2) is 30.3 Å². The number of likely N-dealkylation sites (tertiary alicyclic amines) is 1. The first-order chi connectivity index (χ1) is 14.1. The van der Waals surface area contributed by atoms with Crippen LogP contribution in [-0.4, -0.2) is 48.3 Å². The molecule has 1 aromatic carbocycles. The Morgan fingerprint density at radius 2 is 1.62 bits per heavy atom. The zero-order valence-electron chi connectivity index (χ0n) is 17.2. The van der Waals surface area contributed by atoms with Crippen molar-refractivity contribution in [2.45, 2.75) is 63.8 Å². The van der Waals surface area contributed by atoms with Gasteiger partial charge < -0.3 is 15.5 Å². The first-order valence-corrected chi connectivity index (χ1v) is 11.0. The monoisotopic (exact) mass is 399 g/mol. The van der Waals surface area contributed by atoms with Gasteiger partial charge >= 0.3 is 0 Å². The van der Waals surface area contributed by atoms with Crippen LogP contribution in [0.25, 0.3) is 0 Å². The van der Waals surface area contributed by atoms with Crippen molar-refractivity contribution in [2.24, 2.45) is 5.92 Å². The van der Waals surface area contributed by atoms with Crippen molar-refractivity contribution in [1.82, 2.24) is 15.5 Å². The van der Waals surface area contributed by atoms with E-state index >= 15 is 0 Å². The van der Waals surface area contributed by atoms with Gasteiger partial charge in [-0.3, -0.25) is 14.4 Å². The van der Waals surface area contributed by atoms with Gasteiger partial charge in [0.05, 0.1) is 0 Å². The molecule has 1 heterocycles. The van der Waals surface area contributed by atoms with Crippen molar-refractivity contribution in [3.8, 4) is 0 Å². The number of hydrogen-bond acceptors (Lipinski definition) is 3. The zero-order valence-corrected chi connectivity index (χ0v) is 17.2. The highest BCUT2D eigenvalue weighted by molar-refractivity contribution is 5.94. The van der Waals surface area contributed by atoms with Crippen LogP contribution in [0, 0.1) is 5.92 Å². The number of benzene rings is 1. The SMILES string of the molecule is O=C(CCCNC(=O)c1ccccc1)NC1CCN(C(=O)C2CCCCC2)CC1. The van der Waals surface area contributed by atoms with Crippen molar-refractivity contribution < 1.29 is 14.4 Å². The Balaban J connectivity index is 1.28. The minimum absolute atomic E-state index is 0.0241. The first-order valence-electron chi connectivity index (χ1n) is 11.0. The van der Waals surface area contributed by atoms with E-state index in [2.05, 4.69) is 10.6 Å². The van der Waals surface area contributed by atoms with Crippen molar-refractivity contribution in [2.75, 3.05) is 19.6 Å². The Morgan fingerprint density at radius 3 is 2.31 bits per heavy atom. The summed E-state index contributed by atoms with van der Waals surface area (Å²) in [5.74, 6) is 0.460. The molecule has 2 aliphatic rings. The molecule has 158 valence electrons. The van der Waals surface area contributed by atoms with Gasteiger partial charge in [-0.2, -0.15) is 0 Å². The quantitative estimate of drug-likeness (QED) is 0.692. The van der Waals surface area contributed by atoms with E-state index in [-0.39, 0.29) is 23.8 Å². The van der Waals surface area contributed by atoms with E-state index in [1.807, 2.05) is 23.1 Å². The number of nitrogens with one attached hydrogen (secondary N) is 2. The standard InChI is InChI=1S/C23H33N3O3/c27-21(12-7-15-24-22(28)18-8-3-1-4-9-18)25-20-13-16-26(17-14-20)23(29)19-10-5-2-6-11-19/h1,3-4,8-9,19-20H,2,5-7,10-17H2,(H,24,28)(H,25,27). The van der Waals surface area contributed by atoms with Gasteiger partial charge in [0.1, 0.15) is 0 Å². The maximum absolute atomic E-state index is 12.6. The Morgan fingerprint density at radius 1 is 0.931 bits per heavy atom. The van der Waals surface area contributed by atoms with E-state index in [0.29, 0.717) is 30.9 Å². The summed E-state index contributed by atoms with van der Waals surface area (Å²) in [6.45, 7) is 1.97. The Hall–Kier alpha value is -2.37. The predicted octanol–water partition coefficient (Wildman–Crippen LogP) is 2.88. The Kier molecular flexibility index (Phi) is 8.08. The molecule has 1 saturated carbocycles. The van der Waals surface area contributed by atoms with Crippen LogP contribution in [0.3, 0.4) is 0 Å². The summed E-state index contributed by atoms with van der Waals surface area (Å²) in [6, 6.07) is 9.22. The first kappa shape index (κ1) is 21.3. The number of hydrogen-bond donors (Lipinski definition) is 2. The molecule has 6 heteroatoms. The van der Waals surface area contributed by atoms with Crippen molar-refractivity contribution >= 4 is 17.7 Å². The maximum atomic E-state index is 12.6. The molecule has 1 saturated heterocycles. The molecule has 0 unspecified atom stereocenters. The van der Waals surface area contributed by atoms with E-state index in [1.54, 1.807) is 12.1 Å². The summed E-state index contributed by atoms with van der Waals surface area (Å²) in [5, 5.41) is 5.93. The molecular weight excluding hydrogens is 366 g/mol. The smallest absolute Gasteiger partial charge is 0.251 e. The summed E-state index contributed by atoms with van der Waals surface area (Å²) in [5.41, 5.74) is 0.631. The fraction of sp³-hybridized carbons (Fsp3) is 0.609. The highest BCUT2D eigenvalue weighted by Gasteiger charge is 2.29. The van der Waals surface area contributed by atoms with Crippen LogP contribution in [0.5, 0.6) is 0 Å². The second-order valence-electron chi connectivity index (χ2n) is 8.23. The third-order valence-electron chi connectivity index (χ3n) is 6.03. The number of amides is 3. The van der Waals surface area contributed by atoms with Crippen LogP contribution in [0.1, 0.15) is 68.1 Å². The van der Waals surface area contributed by atoms with Crippen LogP contribution >= 0.6 is 0 Å². The number of nitrogens with zero attached hydrogens (tertiary/aromatic N) is 1. The second-order valence-corrected chi connectivity index (χ2v) is 8.23. The van der Waals surface area contributed by atoms with E-state index in [1.165, 1.54) is 19.3 Å². The van der Waals surface area contributed by atoms with Crippen molar-refractivity contribution in [3.63, 3.8) is 0 Å². The molecule has 0 aromatic heterocycles. The Bertz CT molecular complexity index is 678. The number of carbonyl (C=O) groups excluding carboxylic acids is 3. The lowest BCUT2D eigenvalue weighted by atomic mass is 9.87. The summed E-state index contributed by atoms with van der Waals surface area (Å²) in [6.07, 6.45) is 8.35. The molecule has 0 spiro atoms. The molecule has 29 heavy (non-hydrogen) atoms. The van der Waals surface area contributed by atoms with Crippen LogP contribution in [-0.2, 0) is 9.59 Å². The van der Waals surface area contributed by atoms with Gasteiger partial charge in [-0.25, -0.2) is 0 Å². The minimum atomic E-state index is -0.110. The molecule has 2 N–H and O–H groups in total. The van der Waals surface area contributed by atoms with Crippen molar-refractivity contribution in [3.05, 3.63) is 35.9 Å². The van der Waals surface area contributed by atoms with E-state index in [4.69, 9.17) is 0 Å². The lowest BCUT2D eigenvalue weighted by Gasteiger charge is -2.35. The number of rotatable bonds is 7. The van der Waals surface area contributed by atoms with Crippen LogP contribution in [0.4, 0.5) is 0 Å². The number of piperidine rings is 1. The van der Waals surface area contributed by atoms with Gasteiger partial charge in [-0.15, -0.1) is 0 Å². The van der Waals surface area contributed by atoms with Gasteiger partial charge in [0.15, 0.2) is 0 Å². The average molecular weight is 400 g/mol. The molecule has 3 rings (SSSR count). The highest BCUT2D eigenvalue weighted by atomic mass is 16.2. The molecule has 0 atom stereocenters. The van der Waals surface area contributed by atoms with Crippen molar-refractivity contribution in [1.29, 1.82) is 0 Å². The molecule has 3 amide bonds. The molecule has 0 bridgehead atoms. The summed E-state index contributed by atoms with van der Waals surface area (Å²) < 4.78 is 0. The molecular formula is C23H33N3O3. The second kappa shape index (κ2) is 11.0. The maximum Gasteiger partial charge on any atom is 0.251 e. The fourth-order valence-electron chi connectivity index (χ4n) is 4.29. The predicted molar refractivity (Wildman–Crippen MR) is 112 cm³/mol. The Labute approximate surface area is 173 Å². The number of carbonyl (C=O) groups is 3. The molecule has 1 aliphatic carbocycles. The largest absolute Gasteiger partial charge is 0.353 e. The third kappa shape index (κ3) is 6.58. The molecule has 6 nitrogen and oxygen atoms in total. The van der Waals surface area contributed by atoms with Gasteiger partial charge in [-0.05, 0) is 44.2 Å². The topological polar surface area (TPSA) is 78.5 Å². The van der Waals surface area contributed by atoms with Gasteiger partial charge in [0.25, 0.3) is 5.91 Å². The lowest BCUT2D eigenvalue weighted by molar-refractivity contribution is -0.137. The van der Waals surface area contributed by atoms with E-state index in [0.717, 1.165) is 38.8 Å². The van der Waals surface area contributed by atoms with E-state index < -0.39 is 0 Å². The van der Waals surface area contributed by atoms with Gasteiger partial charge in [-0.1, -0.05) is 37.5 Å². The zero-order chi connectivity index (χ0) is 20.5. The average Bonchev–Trinajstić information content (AvgIpc) is 2.78.